The van der Waals surface area contributed by atoms with E-state index in [9.17, 15) is 9.90 Å². The standard InChI is InChI=1S/C38H57NO3/c1-25(2)27-15-20-38(33(41)42-7)22-21-36(5)28(32(27)38)13-14-30-34(3)18-17-31(40)35(4,29(34)16-19-37(30,36)6)24-39-23-26-11-9-8-10-12-26/h8-12,27-32,39-40H,1,13-24H2,2-7H3/t27-,28?,29?,30?,31-,32?,34-,35-,36+,37+,38?/m0/s1. The van der Waals surface area contributed by atoms with E-state index in [1.54, 1.807) is 7.11 Å². The lowest BCUT2D eigenvalue weighted by Crippen LogP contribution is -2.68. The van der Waals surface area contributed by atoms with E-state index in [2.05, 4.69) is 76.8 Å². The van der Waals surface area contributed by atoms with Crippen LogP contribution in [-0.2, 0) is 16.1 Å². The van der Waals surface area contributed by atoms with Crippen LogP contribution in [0.15, 0.2) is 42.5 Å². The average Bonchev–Trinajstić information content (AvgIpc) is 3.37. The van der Waals surface area contributed by atoms with Crippen LogP contribution in [0.25, 0.3) is 0 Å². The highest BCUT2D eigenvalue weighted by molar-refractivity contribution is 5.78. The first-order valence-electron chi connectivity index (χ1n) is 17.0. The molecule has 2 N–H and O–H groups in total. The minimum absolute atomic E-state index is 0.0429. The third-order valence-electron chi connectivity index (χ3n) is 15.1. The van der Waals surface area contributed by atoms with Crippen molar-refractivity contribution >= 4 is 5.97 Å². The molecule has 0 aliphatic heterocycles. The van der Waals surface area contributed by atoms with E-state index >= 15 is 0 Å². The highest BCUT2D eigenvalue weighted by atomic mass is 16.5. The van der Waals surface area contributed by atoms with Crippen molar-refractivity contribution < 1.29 is 14.6 Å². The van der Waals surface area contributed by atoms with E-state index in [4.69, 9.17) is 4.74 Å². The summed E-state index contributed by atoms with van der Waals surface area (Å²) in [6.07, 6.45) is 10.7. The molecule has 0 radical (unpaired) electrons. The Balaban J connectivity index is 1.30. The number of aliphatic hydroxyl groups is 1. The minimum atomic E-state index is -0.329. The number of benzene rings is 1. The second-order valence-electron chi connectivity index (χ2n) is 16.5. The Hall–Kier alpha value is -1.65. The molecule has 232 valence electrons. The third-order valence-corrected chi connectivity index (χ3v) is 15.1. The van der Waals surface area contributed by atoms with Crippen LogP contribution in [0.2, 0.25) is 0 Å². The monoisotopic (exact) mass is 575 g/mol. The molecule has 4 heteroatoms. The van der Waals surface area contributed by atoms with Crippen molar-refractivity contribution in [3.63, 3.8) is 0 Å². The topological polar surface area (TPSA) is 58.6 Å². The van der Waals surface area contributed by atoms with Crippen LogP contribution in [0.1, 0.15) is 104 Å². The summed E-state index contributed by atoms with van der Waals surface area (Å²) in [7, 11) is 1.60. The molecular formula is C38H57NO3. The van der Waals surface area contributed by atoms with Crippen molar-refractivity contribution in [3.05, 3.63) is 48.0 Å². The second-order valence-corrected chi connectivity index (χ2v) is 16.5. The van der Waals surface area contributed by atoms with Crippen LogP contribution in [-0.4, -0.2) is 30.8 Å². The molecule has 1 aromatic rings. The molecule has 6 rings (SSSR count). The maximum Gasteiger partial charge on any atom is 0.312 e. The van der Waals surface area contributed by atoms with Crippen LogP contribution in [0.3, 0.4) is 0 Å². The van der Waals surface area contributed by atoms with Gasteiger partial charge in [-0.15, -0.1) is 0 Å². The van der Waals surface area contributed by atoms with Crippen molar-refractivity contribution in [1.82, 2.24) is 5.32 Å². The van der Waals surface area contributed by atoms with Crippen LogP contribution in [0, 0.1) is 56.7 Å². The maximum absolute atomic E-state index is 13.5. The number of carbonyl (C=O) groups excluding carboxylic acids is 1. The zero-order valence-electron chi connectivity index (χ0n) is 27.3. The van der Waals surface area contributed by atoms with Crippen molar-refractivity contribution in [2.24, 2.45) is 56.7 Å². The van der Waals surface area contributed by atoms with Crippen LogP contribution in [0.4, 0.5) is 0 Å². The SMILES string of the molecule is C=C(C)[C@@H]1CCC2(C(=O)OC)CC[C@]3(C)C(CCC4[C@@]5(C)CC[C@H](O)[C@@](C)(CNCc6ccccc6)C5CC[C@]43C)C12. The summed E-state index contributed by atoms with van der Waals surface area (Å²) >= 11 is 0. The summed E-state index contributed by atoms with van der Waals surface area (Å²) in [5.74, 6) is 2.49. The van der Waals surface area contributed by atoms with Gasteiger partial charge in [-0.1, -0.05) is 70.2 Å². The molecule has 5 unspecified atom stereocenters. The largest absolute Gasteiger partial charge is 0.469 e. The highest BCUT2D eigenvalue weighted by Gasteiger charge is 2.72. The van der Waals surface area contributed by atoms with Gasteiger partial charge in [0.25, 0.3) is 0 Å². The first-order valence-corrected chi connectivity index (χ1v) is 17.0. The van der Waals surface area contributed by atoms with E-state index in [-0.39, 0.29) is 39.1 Å². The summed E-state index contributed by atoms with van der Waals surface area (Å²) in [6, 6.07) is 10.7. The number of aliphatic hydroxyl groups excluding tert-OH is 1. The lowest BCUT2D eigenvalue weighted by Gasteiger charge is -2.73. The molecule has 0 heterocycles. The van der Waals surface area contributed by atoms with Gasteiger partial charge < -0.3 is 15.2 Å². The fraction of sp³-hybridized carbons (Fsp3) is 0.763. The molecule has 0 spiro atoms. The van der Waals surface area contributed by atoms with Gasteiger partial charge in [-0.05, 0) is 123 Å². The number of methoxy groups -OCH3 is 1. The van der Waals surface area contributed by atoms with Gasteiger partial charge in [0.15, 0.2) is 0 Å². The number of rotatable bonds is 6. The number of fused-ring (bicyclic) bond motifs is 7. The van der Waals surface area contributed by atoms with Gasteiger partial charge in [-0.25, -0.2) is 0 Å². The first kappa shape index (κ1) is 30.4. The molecule has 11 atom stereocenters. The molecule has 5 aliphatic carbocycles. The number of hydrogen-bond donors (Lipinski definition) is 2. The molecule has 0 amide bonds. The molecule has 5 aliphatic rings. The molecule has 0 saturated heterocycles. The van der Waals surface area contributed by atoms with Crippen molar-refractivity contribution in [1.29, 1.82) is 0 Å². The number of carbonyl (C=O) groups is 1. The van der Waals surface area contributed by atoms with Gasteiger partial charge >= 0.3 is 5.97 Å². The van der Waals surface area contributed by atoms with E-state index in [1.807, 2.05) is 0 Å². The summed E-state index contributed by atoms with van der Waals surface area (Å²) in [5, 5.41) is 15.3. The second kappa shape index (κ2) is 10.5. The first-order chi connectivity index (χ1) is 19.9. The predicted octanol–water partition coefficient (Wildman–Crippen LogP) is 7.95. The van der Waals surface area contributed by atoms with E-state index in [0.29, 0.717) is 29.6 Å². The van der Waals surface area contributed by atoms with E-state index in [1.165, 1.54) is 36.8 Å². The van der Waals surface area contributed by atoms with Gasteiger partial charge in [0.05, 0.1) is 18.6 Å². The fourth-order valence-electron chi connectivity index (χ4n) is 12.8. The minimum Gasteiger partial charge on any atom is -0.469 e. The Labute approximate surface area is 255 Å². The molecule has 1 aromatic carbocycles. The van der Waals surface area contributed by atoms with Gasteiger partial charge in [0.1, 0.15) is 0 Å². The summed E-state index contributed by atoms with van der Waals surface area (Å²) < 4.78 is 5.55. The summed E-state index contributed by atoms with van der Waals surface area (Å²) in [5.41, 5.74) is 2.74. The van der Waals surface area contributed by atoms with Crippen molar-refractivity contribution in [2.75, 3.05) is 13.7 Å². The molecule has 4 nitrogen and oxygen atoms in total. The molecule has 5 saturated carbocycles. The number of ether oxygens (including phenoxy) is 1. The lowest BCUT2D eigenvalue weighted by atomic mass is 9.32. The Bertz CT molecular complexity index is 1200. The number of esters is 1. The predicted molar refractivity (Wildman–Crippen MR) is 169 cm³/mol. The molecule has 0 bridgehead atoms. The lowest BCUT2D eigenvalue weighted by molar-refractivity contribution is -0.250. The highest BCUT2D eigenvalue weighted by Crippen LogP contribution is 2.77. The van der Waals surface area contributed by atoms with Crippen LogP contribution < -0.4 is 5.32 Å². The van der Waals surface area contributed by atoms with Gasteiger partial charge in [-0.3, -0.25) is 4.79 Å². The van der Waals surface area contributed by atoms with Crippen molar-refractivity contribution in [3.8, 4) is 0 Å². The quantitative estimate of drug-likeness (QED) is 0.267. The molecule has 42 heavy (non-hydrogen) atoms. The molecule has 0 aromatic heterocycles. The Morgan fingerprint density at radius 2 is 1.67 bits per heavy atom. The summed E-state index contributed by atoms with van der Waals surface area (Å²) in [6.45, 7) is 18.6. The zero-order chi connectivity index (χ0) is 30.1. The number of nitrogens with one attached hydrogen (secondary N) is 1. The third kappa shape index (κ3) is 4.09. The number of hydrogen-bond acceptors (Lipinski definition) is 4. The van der Waals surface area contributed by atoms with E-state index in [0.717, 1.165) is 51.6 Å². The maximum atomic E-state index is 13.5. The Morgan fingerprint density at radius 1 is 0.929 bits per heavy atom. The Kier molecular flexibility index (Phi) is 7.57. The fourth-order valence-corrected chi connectivity index (χ4v) is 12.8. The molecular weight excluding hydrogens is 518 g/mol. The number of allylic oxidation sites excluding steroid dienone is 1. The summed E-state index contributed by atoms with van der Waals surface area (Å²) in [4.78, 5) is 13.5. The molecule has 5 fully saturated rings. The van der Waals surface area contributed by atoms with Crippen molar-refractivity contribution in [2.45, 2.75) is 111 Å². The smallest absolute Gasteiger partial charge is 0.312 e. The Morgan fingerprint density at radius 3 is 2.36 bits per heavy atom. The van der Waals surface area contributed by atoms with Gasteiger partial charge in [0, 0.05) is 18.5 Å². The normalized spacial score (nSPS) is 47.9. The van der Waals surface area contributed by atoms with Crippen LogP contribution >= 0.6 is 0 Å². The van der Waals surface area contributed by atoms with Gasteiger partial charge in [0.2, 0.25) is 0 Å². The average molecular weight is 576 g/mol. The van der Waals surface area contributed by atoms with E-state index < -0.39 is 0 Å². The van der Waals surface area contributed by atoms with Crippen LogP contribution in [0.5, 0.6) is 0 Å². The van der Waals surface area contributed by atoms with Gasteiger partial charge in [-0.2, -0.15) is 0 Å². The zero-order valence-corrected chi connectivity index (χ0v) is 27.3.